The number of benzene rings is 2. The fraction of sp³-hybridized carbons (Fsp3) is 0.381. The van der Waals surface area contributed by atoms with E-state index in [1.807, 2.05) is 24.3 Å². The highest BCUT2D eigenvalue weighted by atomic mass is 35.5. The van der Waals surface area contributed by atoms with Crippen LogP contribution in [0.4, 0.5) is 5.69 Å². The number of hydrogen-bond acceptors (Lipinski definition) is 5. The third kappa shape index (κ3) is 6.43. The van der Waals surface area contributed by atoms with Crippen molar-refractivity contribution in [1.29, 1.82) is 0 Å². The third-order valence-electron chi connectivity index (χ3n) is 5.21. The molecule has 1 heterocycles. The number of primary sulfonamides is 1. The number of carbonyl (C=O) groups is 1. The maximum atomic E-state index is 12.1. The van der Waals surface area contributed by atoms with Crippen molar-refractivity contribution in [2.45, 2.75) is 17.7 Å². The van der Waals surface area contributed by atoms with Gasteiger partial charge in [-0.3, -0.25) is 9.69 Å². The summed E-state index contributed by atoms with van der Waals surface area (Å²) in [5.41, 5.74) is 2.01. The lowest BCUT2D eigenvalue weighted by Gasteiger charge is -2.36. The summed E-state index contributed by atoms with van der Waals surface area (Å²) in [5.74, 6) is 0.0182. The van der Waals surface area contributed by atoms with Crippen molar-refractivity contribution in [3.05, 3.63) is 59.1 Å². The number of piperazine rings is 1. The molecule has 0 unspecified atom stereocenters. The number of para-hydroxylation sites is 1. The van der Waals surface area contributed by atoms with Gasteiger partial charge in [0.25, 0.3) is 0 Å². The van der Waals surface area contributed by atoms with E-state index in [1.54, 1.807) is 12.1 Å². The molecular formula is C21H27ClN4O3S. The van der Waals surface area contributed by atoms with Gasteiger partial charge in [-0.1, -0.05) is 35.9 Å². The van der Waals surface area contributed by atoms with Crippen molar-refractivity contribution in [3.63, 3.8) is 0 Å². The van der Waals surface area contributed by atoms with Crippen molar-refractivity contribution in [3.8, 4) is 0 Å². The number of anilines is 1. The van der Waals surface area contributed by atoms with Gasteiger partial charge in [0.2, 0.25) is 15.9 Å². The van der Waals surface area contributed by atoms with Crippen LogP contribution in [0.3, 0.4) is 0 Å². The lowest BCUT2D eigenvalue weighted by atomic mass is 10.1. The third-order valence-corrected chi connectivity index (χ3v) is 6.46. The number of sulfonamides is 1. The van der Waals surface area contributed by atoms with Crippen LogP contribution in [0.25, 0.3) is 0 Å². The second-order valence-electron chi connectivity index (χ2n) is 7.32. The first-order valence-electron chi connectivity index (χ1n) is 9.93. The normalized spacial score (nSPS) is 15.2. The van der Waals surface area contributed by atoms with Gasteiger partial charge < -0.3 is 10.2 Å². The number of rotatable bonds is 8. The molecule has 0 bridgehead atoms. The summed E-state index contributed by atoms with van der Waals surface area (Å²) in [6, 6.07) is 14.3. The van der Waals surface area contributed by atoms with Crippen LogP contribution in [-0.2, 0) is 21.2 Å². The molecule has 9 heteroatoms. The maximum absolute atomic E-state index is 12.1. The first-order chi connectivity index (χ1) is 14.3. The van der Waals surface area contributed by atoms with Crippen LogP contribution in [-0.4, -0.2) is 58.5 Å². The van der Waals surface area contributed by atoms with E-state index in [1.165, 1.54) is 12.1 Å². The van der Waals surface area contributed by atoms with Crippen LogP contribution in [0.2, 0.25) is 5.02 Å². The Morgan fingerprint density at radius 3 is 2.33 bits per heavy atom. The highest BCUT2D eigenvalue weighted by molar-refractivity contribution is 7.89. The first kappa shape index (κ1) is 22.6. The molecule has 1 amide bonds. The Labute approximate surface area is 182 Å². The second kappa shape index (κ2) is 10.3. The van der Waals surface area contributed by atoms with Gasteiger partial charge in [0.15, 0.2) is 0 Å². The molecule has 0 spiro atoms. The van der Waals surface area contributed by atoms with Gasteiger partial charge in [0, 0.05) is 45.7 Å². The van der Waals surface area contributed by atoms with Crippen molar-refractivity contribution >= 4 is 33.2 Å². The molecule has 2 aromatic carbocycles. The van der Waals surface area contributed by atoms with Gasteiger partial charge >= 0.3 is 0 Å². The maximum Gasteiger partial charge on any atom is 0.238 e. The van der Waals surface area contributed by atoms with Crippen LogP contribution >= 0.6 is 11.6 Å². The van der Waals surface area contributed by atoms with Crippen LogP contribution in [0.15, 0.2) is 53.4 Å². The number of hydrogen-bond donors (Lipinski definition) is 2. The van der Waals surface area contributed by atoms with Gasteiger partial charge in [-0.05, 0) is 36.2 Å². The average Bonchev–Trinajstić information content (AvgIpc) is 2.73. The number of halogens is 1. The lowest BCUT2D eigenvalue weighted by Crippen LogP contribution is -2.47. The van der Waals surface area contributed by atoms with E-state index in [0.29, 0.717) is 19.4 Å². The summed E-state index contributed by atoms with van der Waals surface area (Å²) in [7, 11) is -3.68. The molecule has 1 saturated heterocycles. The Morgan fingerprint density at radius 2 is 1.70 bits per heavy atom. The monoisotopic (exact) mass is 450 g/mol. The van der Waals surface area contributed by atoms with Crippen molar-refractivity contribution in [2.24, 2.45) is 5.14 Å². The number of nitrogens with two attached hydrogens (primary N) is 1. The number of carbonyl (C=O) groups excluding carboxylic acids is 1. The molecule has 1 aliphatic heterocycles. The minimum absolute atomic E-state index is 0.0182. The smallest absolute Gasteiger partial charge is 0.238 e. The van der Waals surface area contributed by atoms with Crippen molar-refractivity contribution < 1.29 is 13.2 Å². The van der Waals surface area contributed by atoms with E-state index in [2.05, 4.69) is 15.1 Å². The van der Waals surface area contributed by atoms with Gasteiger partial charge in [-0.2, -0.15) is 0 Å². The van der Waals surface area contributed by atoms with Gasteiger partial charge in [-0.15, -0.1) is 0 Å². The highest BCUT2D eigenvalue weighted by Gasteiger charge is 2.19. The van der Waals surface area contributed by atoms with Gasteiger partial charge in [-0.25, -0.2) is 13.6 Å². The van der Waals surface area contributed by atoms with Crippen molar-refractivity contribution in [1.82, 2.24) is 10.2 Å². The summed E-state index contributed by atoms with van der Waals surface area (Å²) in [6.07, 6.45) is 1.09. The fourth-order valence-corrected chi connectivity index (χ4v) is 4.23. The SMILES string of the molecule is NS(=O)(=O)c1ccc(CCNC(=O)CCN2CCN(c3ccccc3Cl)CC2)cc1. The topological polar surface area (TPSA) is 95.7 Å². The zero-order chi connectivity index (χ0) is 21.6. The molecule has 7 nitrogen and oxygen atoms in total. The second-order valence-corrected chi connectivity index (χ2v) is 9.29. The van der Waals surface area contributed by atoms with E-state index in [9.17, 15) is 13.2 Å². The van der Waals surface area contributed by atoms with Crippen LogP contribution in [0, 0.1) is 0 Å². The lowest BCUT2D eigenvalue weighted by molar-refractivity contribution is -0.121. The molecule has 162 valence electrons. The van der Waals surface area contributed by atoms with Gasteiger partial charge in [0.1, 0.15) is 0 Å². The molecule has 0 aliphatic carbocycles. The van der Waals surface area contributed by atoms with E-state index >= 15 is 0 Å². The summed E-state index contributed by atoms with van der Waals surface area (Å²) in [6.45, 7) is 4.81. The molecule has 2 aromatic rings. The number of nitrogens with zero attached hydrogens (tertiary/aromatic N) is 2. The summed E-state index contributed by atoms with van der Waals surface area (Å²) >= 11 is 6.28. The minimum Gasteiger partial charge on any atom is -0.368 e. The molecule has 0 saturated carbocycles. The Morgan fingerprint density at radius 1 is 1.03 bits per heavy atom. The van der Waals surface area contributed by atoms with Crippen LogP contribution < -0.4 is 15.4 Å². The van der Waals surface area contributed by atoms with Crippen molar-refractivity contribution in [2.75, 3.05) is 44.2 Å². The van der Waals surface area contributed by atoms with Crippen LogP contribution in [0.1, 0.15) is 12.0 Å². The standard InChI is InChI=1S/C21H27ClN4O3S/c22-19-3-1-2-4-20(19)26-15-13-25(14-16-26)12-10-21(27)24-11-9-17-5-7-18(8-6-17)30(23,28)29/h1-8H,9-16H2,(H,24,27)(H2,23,28,29). The molecule has 1 aliphatic rings. The van der Waals surface area contributed by atoms with Crippen LogP contribution in [0.5, 0.6) is 0 Å². The largest absolute Gasteiger partial charge is 0.368 e. The molecule has 3 N–H and O–H groups in total. The van der Waals surface area contributed by atoms with E-state index < -0.39 is 10.0 Å². The number of nitrogens with one attached hydrogen (secondary N) is 1. The zero-order valence-electron chi connectivity index (χ0n) is 16.8. The predicted molar refractivity (Wildman–Crippen MR) is 119 cm³/mol. The molecule has 0 atom stereocenters. The molecule has 1 fully saturated rings. The molecule has 0 aromatic heterocycles. The summed E-state index contributed by atoms with van der Waals surface area (Å²) in [4.78, 5) is 16.8. The minimum atomic E-state index is -3.68. The molecule has 0 radical (unpaired) electrons. The fourth-order valence-electron chi connectivity index (χ4n) is 3.46. The summed E-state index contributed by atoms with van der Waals surface area (Å²) < 4.78 is 22.5. The molecule has 3 rings (SSSR count). The average molecular weight is 451 g/mol. The molecule has 30 heavy (non-hydrogen) atoms. The Bertz CT molecular complexity index is 958. The zero-order valence-corrected chi connectivity index (χ0v) is 18.3. The summed E-state index contributed by atoms with van der Waals surface area (Å²) in [5, 5.41) is 8.78. The van der Waals surface area contributed by atoms with E-state index in [4.69, 9.17) is 16.7 Å². The first-order valence-corrected chi connectivity index (χ1v) is 11.9. The Balaban J connectivity index is 1.34. The highest BCUT2D eigenvalue weighted by Crippen LogP contribution is 2.25. The molecular weight excluding hydrogens is 424 g/mol. The number of amides is 1. The van der Waals surface area contributed by atoms with E-state index in [-0.39, 0.29) is 10.8 Å². The Kier molecular flexibility index (Phi) is 7.71. The Hall–Kier alpha value is -2.13. The quantitative estimate of drug-likeness (QED) is 0.640. The predicted octanol–water partition coefficient (Wildman–Crippen LogP) is 1.86. The van der Waals surface area contributed by atoms with Gasteiger partial charge in [0.05, 0.1) is 15.6 Å². The van der Waals surface area contributed by atoms with E-state index in [0.717, 1.165) is 49.0 Å².